The van der Waals surface area contributed by atoms with Crippen LogP contribution < -0.4 is 0 Å². The summed E-state index contributed by atoms with van der Waals surface area (Å²) in [6, 6.07) is 11.3. The van der Waals surface area contributed by atoms with Crippen LogP contribution in [0, 0.1) is 0 Å². The average molecular weight is 358 g/mol. The van der Waals surface area contributed by atoms with Crippen LogP contribution in [0.25, 0.3) is 11.1 Å². The number of fused-ring (bicyclic) bond motifs is 1. The highest BCUT2D eigenvalue weighted by Crippen LogP contribution is 2.16. The molecule has 0 unspecified atom stereocenters. The van der Waals surface area contributed by atoms with E-state index in [1.807, 2.05) is 41.8 Å². The molecule has 1 amide bonds. The Hall–Kier alpha value is -2.67. The molecule has 2 heterocycles. The first-order valence-corrected chi connectivity index (χ1v) is 8.76. The van der Waals surface area contributed by atoms with Gasteiger partial charge in [-0.2, -0.15) is 0 Å². The average Bonchev–Trinajstić information content (AvgIpc) is 3.26. The number of thiophene rings is 1. The third-order valence-corrected chi connectivity index (χ3v) is 4.50. The summed E-state index contributed by atoms with van der Waals surface area (Å²) in [5.74, 6) is -0.192. The van der Waals surface area contributed by atoms with Gasteiger partial charge in [0, 0.05) is 18.3 Å². The Balaban J connectivity index is 1.42. The number of esters is 1. The van der Waals surface area contributed by atoms with E-state index in [0.29, 0.717) is 24.4 Å². The molecule has 0 saturated heterocycles. The monoisotopic (exact) mass is 358 g/mol. The summed E-state index contributed by atoms with van der Waals surface area (Å²) in [5.41, 5.74) is 1.45. The number of aromatic nitrogens is 1. The minimum absolute atomic E-state index is 0.120. The predicted molar refractivity (Wildman–Crippen MR) is 94.1 cm³/mol. The second-order valence-electron chi connectivity index (χ2n) is 5.57. The highest BCUT2D eigenvalue weighted by molar-refractivity contribution is 7.09. The van der Waals surface area contributed by atoms with Gasteiger partial charge in [-0.25, -0.2) is 4.98 Å². The van der Waals surface area contributed by atoms with Gasteiger partial charge in [-0.3, -0.25) is 9.59 Å². The van der Waals surface area contributed by atoms with Crippen molar-refractivity contribution >= 4 is 34.3 Å². The molecule has 7 heteroatoms. The number of hydrogen-bond donors (Lipinski definition) is 0. The molecule has 6 nitrogen and oxygen atoms in total. The number of rotatable bonds is 7. The number of oxazole rings is 1. The van der Waals surface area contributed by atoms with Crippen molar-refractivity contribution in [3.63, 3.8) is 0 Å². The summed E-state index contributed by atoms with van der Waals surface area (Å²) >= 11 is 1.58. The van der Waals surface area contributed by atoms with Crippen LogP contribution in [0.5, 0.6) is 0 Å². The molecule has 0 aliphatic rings. The van der Waals surface area contributed by atoms with Crippen LogP contribution in [-0.2, 0) is 27.3 Å². The summed E-state index contributed by atoms with van der Waals surface area (Å²) in [4.78, 5) is 30.7. The molecule has 25 heavy (non-hydrogen) atoms. The first-order chi connectivity index (χ1) is 12.1. The van der Waals surface area contributed by atoms with Crippen molar-refractivity contribution in [2.24, 2.45) is 0 Å². The Bertz CT molecular complexity index is 824. The Morgan fingerprint density at radius 2 is 2.08 bits per heavy atom. The number of carbonyl (C=O) groups is 2. The summed E-state index contributed by atoms with van der Waals surface area (Å²) < 4.78 is 10.6. The van der Waals surface area contributed by atoms with Crippen molar-refractivity contribution in [1.82, 2.24) is 9.88 Å². The fourth-order valence-electron chi connectivity index (χ4n) is 2.28. The normalized spacial score (nSPS) is 10.8. The molecule has 0 aliphatic carbocycles. The molecule has 1 aromatic carbocycles. The van der Waals surface area contributed by atoms with Gasteiger partial charge in [0.2, 0.25) is 0 Å². The van der Waals surface area contributed by atoms with Crippen LogP contribution in [0.3, 0.4) is 0 Å². The fraction of sp³-hybridized carbons (Fsp3) is 0.278. The summed E-state index contributed by atoms with van der Waals surface area (Å²) in [7, 11) is 1.69. The Morgan fingerprint density at radius 3 is 2.84 bits per heavy atom. The maximum atomic E-state index is 12.0. The summed E-state index contributed by atoms with van der Waals surface area (Å²) in [5, 5.41) is 1.96. The minimum atomic E-state index is -0.444. The maximum Gasteiger partial charge on any atom is 0.306 e. The van der Waals surface area contributed by atoms with Gasteiger partial charge in [-0.1, -0.05) is 18.2 Å². The smallest absolute Gasteiger partial charge is 0.306 e. The maximum absolute atomic E-state index is 12.0. The van der Waals surface area contributed by atoms with Gasteiger partial charge >= 0.3 is 5.97 Å². The van der Waals surface area contributed by atoms with Crippen molar-refractivity contribution in [2.75, 3.05) is 13.7 Å². The van der Waals surface area contributed by atoms with E-state index in [9.17, 15) is 9.59 Å². The number of aryl methyl sites for hydroxylation is 1. The van der Waals surface area contributed by atoms with E-state index >= 15 is 0 Å². The summed E-state index contributed by atoms with van der Waals surface area (Å²) in [6.45, 7) is 0.255. The van der Waals surface area contributed by atoms with Crippen molar-refractivity contribution in [3.05, 3.63) is 52.5 Å². The Kier molecular flexibility index (Phi) is 5.45. The lowest BCUT2D eigenvalue weighted by Crippen LogP contribution is -2.30. The Labute approximate surface area is 149 Å². The van der Waals surface area contributed by atoms with Gasteiger partial charge in [0.25, 0.3) is 5.91 Å². The molecule has 0 aliphatic heterocycles. The van der Waals surface area contributed by atoms with Crippen LogP contribution >= 0.6 is 11.3 Å². The van der Waals surface area contributed by atoms with E-state index in [-0.39, 0.29) is 18.9 Å². The zero-order valence-electron chi connectivity index (χ0n) is 13.8. The minimum Gasteiger partial charge on any atom is -0.456 e. The molecule has 3 aromatic rings. The first-order valence-electron chi connectivity index (χ1n) is 7.88. The molecular formula is C18H18N2O4S. The van der Waals surface area contributed by atoms with Gasteiger partial charge in [0.1, 0.15) is 5.52 Å². The quantitative estimate of drug-likeness (QED) is 0.607. The summed E-state index contributed by atoms with van der Waals surface area (Å²) in [6.07, 6.45) is 0.460. The van der Waals surface area contributed by atoms with Crippen molar-refractivity contribution in [1.29, 1.82) is 0 Å². The Morgan fingerprint density at radius 1 is 1.24 bits per heavy atom. The standard InChI is InChI=1S/C18H18N2O4S/c1-20(11-13-5-4-10-25-13)17(21)12-23-18(22)9-8-16-19-14-6-2-3-7-15(14)24-16/h2-7,10H,8-9,11-12H2,1H3. The molecule has 0 saturated carbocycles. The highest BCUT2D eigenvalue weighted by atomic mass is 32.1. The predicted octanol–water partition coefficient (Wildman–Crippen LogP) is 3.02. The number of para-hydroxylation sites is 2. The number of benzene rings is 1. The van der Waals surface area contributed by atoms with Crippen LogP contribution in [-0.4, -0.2) is 35.4 Å². The van der Waals surface area contributed by atoms with Crippen LogP contribution in [0.2, 0.25) is 0 Å². The van der Waals surface area contributed by atoms with Crippen LogP contribution in [0.1, 0.15) is 17.2 Å². The van der Waals surface area contributed by atoms with E-state index in [2.05, 4.69) is 4.98 Å². The number of ether oxygens (including phenoxy) is 1. The SMILES string of the molecule is CN(Cc1cccs1)C(=O)COC(=O)CCc1nc2ccccc2o1. The molecule has 0 radical (unpaired) electrons. The number of hydrogen-bond acceptors (Lipinski definition) is 6. The second-order valence-corrected chi connectivity index (χ2v) is 6.60. The van der Waals surface area contributed by atoms with E-state index < -0.39 is 5.97 Å². The zero-order valence-corrected chi connectivity index (χ0v) is 14.6. The van der Waals surface area contributed by atoms with Gasteiger partial charge in [0.05, 0.1) is 13.0 Å². The van der Waals surface area contributed by atoms with Crippen molar-refractivity contribution < 1.29 is 18.7 Å². The lowest BCUT2D eigenvalue weighted by molar-refractivity contribution is -0.151. The molecule has 3 rings (SSSR count). The van der Waals surface area contributed by atoms with Crippen molar-refractivity contribution in [3.8, 4) is 0 Å². The molecule has 0 N–H and O–H groups in total. The molecule has 0 atom stereocenters. The largest absolute Gasteiger partial charge is 0.456 e. The van der Waals surface area contributed by atoms with Crippen LogP contribution in [0.4, 0.5) is 0 Å². The molecule has 2 aromatic heterocycles. The first kappa shape index (κ1) is 17.2. The van der Waals surface area contributed by atoms with Gasteiger partial charge in [-0.15, -0.1) is 11.3 Å². The van der Waals surface area contributed by atoms with Crippen molar-refractivity contribution in [2.45, 2.75) is 19.4 Å². The van der Waals surface area contributed by atoms with E-state index in [0.717, 1.165) is 10.4 Å². The topological polar surface area (TPSA) is 72.6 Å². The zero-order chi connectivity index (χ0) is 17.6. The number of nitrogens with zero attached hydrogens (tertiary/aromatic N) is 2. The third kappa shape index (κ3) is 4.67. The number of carbonyl (C=O) groups excluding carboxylic acids is 2. The highest BCUT2D eigenvalue weighted by Gasteiger charge is 2.14. The third-order valence-electron chi connectivity index (χ3n) is 3.64. The van der Waals surface area contributed by atoms with E-state index in [4.69, 9.17) is 9.15 Å². The lowest BCUT2D eigenvalue weighted by Gasteiger charge is -2.16. The van der Waals surface area contributed by atoms with Gasteiger partial charge in [0.15, 0.2) is 18.1 Å². The molecule has 0 fully saturated rings. The van der Waals surface area contributed by atoms with E-state index in [1.165, 1.54) is 0 Å². The molecule has 0 bridgehead atoms. The lowest BCUT2D eigenvalue weighted by atomic mass is 10.3. The second kappa shape index (κ2) is 7.94. The van der Waals surface area contributed by atoms with Gasteiger partial charge < -0.3 is 14.1 Å². The molecule has 0 spiro atoms. The van der Waals surface area contributed by atoms with Gasteiger partial charge in [-0.05, 0) is 23.6 Å². The molecule has 130 valence electrons. The van der Waals surface area contributed by atoms with Crippen LogP contribution in [0.15, 0.2) is 46.2 Å². The fourth-order valence-corrected chi connectivity index (χ4v) is 3.04. The molecular weight excluding hydrogens is 340 g/mol. The van der Waals surface area contributed by atoms with E-state index in [1.54, 1.807) is 23.3 Å². The number of likely N-dealkylation sites (N-methyl/N-ethyl adjacent to an activating group) is 1. The number of amides is 1.